The summed E-state index contributed by atoms with van der Waals surface area (Å²) in [7, 11) is 0. The predicted molar refractivity (Wildman–Crippen MR) is 84.6 cm³/mol. The molecule has 2 aromatic rings. The molecular formula is C16H17F3N4O2. The Morgan fingerprint density at radius 3 is 2.64 bits per heavy atom. The molecule has 1 aromatic heterocycles. The summed E-state index contributed by atoms with van der Waals surface area (Å²) in [4.78, 5) is 10.4. The van der Waals surface area contributed by atoms with E-state index in [1.807, 2.05) is 0 Å². The number of ether oxygens (including phenoxy) is 2. The van der Waals surface area contributed by atoms with Crippen molar-refractivity contribution in [3.63, 3.8) is 0 Å². The number of nitrogens with zero attached hydrogens (tertiary/aromatic N) is 3. The molecule has 1 fully saturated rings. The molecule has 25 heavy (non-hydrogen) atoms. The van der Waals surface area contributed by atoms with Gasteiger partial charge in [0.15, 0.2) is 0 Å². The maximum Gasteiger partial charge on any atom is 0.573 e. The van der Waals surface area contributed by atoms with Crippen LogP contribution in [0.15, 0.2) is 36.5 Å². The van der Waals surface area contributed by atoms with Crippen molar-refractivity contribution in [1.82, 2.24) is 15.3 Å². The predicted octanol–water partition coefficient (Wildman–Crippen LogP) is 2.36. The largest absolute Gasteiger partial charge is 0.573 e. The number of alkyl halides is 3. The van der Waals surface area contributed by atoms with E-state index >= 15 is 0 Å². The first kappa shape index (κ1) is 17.3. The van der Waals surface area contributed by atoms with Crippen molar-refractivity contribution >= 4 is 5.82 Å². The van der Waals surface area contributed by atoms with Crippen molar-refractivity contribution in [2.45, 2.75) is 13.0 Å². The van der Waals surface area contributed by atoms with Crippen LogP contribution in [-0.4, -0.2) is 42.5 Å². The third-order valence-corrected chi connectivity index (χ3v) is 3.61. The van der Waals surface area contributed by atoms with Gasteiger partial charge in [0.2, 0.25) is 0 Å². The fraction of sp³-hybridized carbons (Fsp3) is 0.375. The SMILES string of the molecule is FC(F)(F)Oc1ccccc1COc1nccc(N2CCNCC2)n1. The Kier molecular flexibility index (Phi) is 5.22. The summed E-state index contributed by atoms with van der Waals surface area (Å²) in [5.74, 6) is 0.430. The molecule has 1 aliphatic rings. The molecule has 0 bridgehead atoms. The van der Waals surface area contributed by atoms with E-state index in [0.717, 1.165) is 32.0 Å². The topological polar surface area (TPSA) is 59.5 Å². The number of halogens is 3. The molecule has 0 amide bonds. The average Bonchev–Trinajstić information content (AvgIpc) is 2.61. The lowest BCUT2D eigenvalue weighted by atomic mass is 10.2. The van der Waals surface area contributed by atoms with E-state index in [2.05, 4.69) is 24.9 Å². The minimum Gasteiger partial charge on any atom is -0.458 e. The Morgan fingerprint density at radius 1 is 1.12 bits per heavy atom. The van der Waals surface area contributed by atoms with Crippen LogP contribution in [0, 0.1) is 0 Å². The molecule has 6 nitrogen and oxygen atoms in total. The zero-order chi connectivity index (χ0) is 17.7. The third kappa shape index (κ3) is 4.96. The first-order valence-electron chi connectivity index (χ1n) is 7.76. The summed E-state index contributed by atoms with van der Waals surface area (Å²) in [6.45, 7) is 3.24. The van der Waals surface area contributed by atoms with Gasteiger partial charge >= 0.3 is 12.4 Å². The van der Waals surface area contributed by atoms with Crippen molar-refractivity contribution in [3.05, 3.63) is 42.1 Å². The Hall–Kier alpha value is -2.55. The van der Waals surface area contributed by atoms with Crippen LogP contribution in [-0.2, 0) is 6.61 Å². The van der Waals surface area contributed by atoms with E-state index in [1.165, 1.54) is 18.2 Å². The molecule has 2 heterocycles. The van der Waals surface area contributed by atoms with Gasteiger partial charge in [-0.2, -0.15) is 4.98 Å². The number of benzene rings is 1. The lowest BCUT2D eigenvalue weighted by molar-refractivity contribution is -0.275. The molecule has 0 radical (unpaired) electrons. The molecule has 1 aromatic carbocycles. The van der Waals surface area contributed by atoms with Gasteiger partial charge < -0.3 is 19.7 Å². The number of anilines is 1. The molecule has 1 saturated heterocycles. The number of nitrogens with one attached hydrogen (secondary N) is 1. The van der Waals surface area contributed by atoms with E-state index in [0.29, 0.717) is 0 Å². The standard InChI is InChI=1S/C16H17F3N4O2/c17-16(18,19)25-13-4-2-1-3-12(13)11-24-15-21-6-5-14(22-15)23-9-7-20-8-10-23/h1-6,20H,7-11H2. The number of rotatable bonds is 5. The minimum atomic E-state index is -4.76. The lowest BCUT2D eigenvalue weighted by Crippen LogP contribution is -2.43. The van der Waals surface area contributed by atoms with Crippen LogP contribution < -0.4 is 19.7 Å². The molecule has 0 atom stereocenters. The normalized spacial score (nSPS) is 15.1. The van der Waals surface area contributed by atoms with Crippen LogP contribution in [0.5, 0.6) is 11.8 Å². The molecule has 1 N–H and O–H groups in total. The van der Waals surface area contributed by atoms with Crippen molar-refractivity contribution < 1.29 is 22.6 Å². The van der Waals surface area contributed by atoms with Gasteiger partial charge in [0, 0.05) is 37.9 Å². The fourth-order valence-electron chi connectivity index (χ4n) is 2.46. The molecule has 0 spiro atoms. The quantitative estimate of drug-likeness (QED) is 0.890. The maximum atomic E-state index is 12.4. The van der Waals surface area contributed by atoms with E-state index in [9.17, 15) is 13.2 Å². The maximum absolute atomic E-state index is 12.4. The Morgan fingerprint density at radius 2 is 1.88 bits per heavy atom. The molecule has 134 valence electrons. The highest BCUT2D eigenvalue weighted by Crippen LogP contribution is 2.27. The Bertz CT molecular complexity index is 706. The van der Waals surface area contributed by atoms with Crippen LogP contribution >= 0.6 is 0 Å². The monoisotopic (exact) mass is 354 g/mol. The van der Waals surface area contributed by atoms with E-state index in [4.69, 9.17) is 4.74 Å². The molecule has 0 unspecified atom stereocenters. The van der Waals surface area contributed by atoms with Gasteiger partial charge in [-0.15, -0.1) is 13.2 Å². The number of piperazine rings is 1. The van der Waals surface area contributed by atoms with Crippen LogP contribution in [0.2, 0.25) is 0 Å². The fourth-order valence-corrected chi connectivity index (χ4v) is 2.46. The van der Waals surface area contributed by atoms with Gasteiger partial charge in [-0.05, 0) is 12.1 Å². The Balaban J connectivity index is 1.68. The van der Waals surface area contributed by atoms with Crippen molar-refractivity contribution in [1.29, 1.82) is 0 Å². The van der Waals surface area contributed by atoms with Gasteiger partial charge in [-0.25, -0.2) is 4.98 Å². The van der Waals surface area contributed by atoms with E-state index < -0.39 is 6.36 Å². The van der Waals surface area contributed by atoms with Crippen LogP contribution in [0.3, 0.4) is 0 Å². The zero-order valence-electron chi connectivity index (χ0n) is 13.3. The molecule has 0 aliphatic carbocycles. The molecular weight excluding hydrogens is 337 g/mol. The van der Waals surface area contributed by atoms with Crippen molar-refractivity contribution in [2.24, 2.45) is 0 Å². The highest BCUT2D eigenvalue weighted by Gasteiger charge is 2.32. The van der Waals surface area contributed by atoms with Gasteiger partial charge in [0.05, 0.1) is 0 Å². The smallest absolute Gasteiger partial charge is 0.458 e. The summed E-state index contributed by atoms with van der Waals surface area (Å²) in [5.41, 5.74) is 0.260. The zero-order valence-corrected chi connectivity index (χ0v) is 13.3. The van der Waals surface area contributed by atoms with Crippen molar-refractivity contribution in [3.8, 4) is 11.8 Å². The molecule has 3 rings (SSSR count). The van der Waals surface area contributed by atoms with E-state index in [-0.39, 0.29) is 23.9 Å². The minimum absolute atomic E-state index is 0.109. The Labute approximate surface area is 142 Å². The van der Waals surface area contributed by atoms with Gasteiger partial charge in [-0.1, -0.05) is 18.2 Å². The highest BCUT2D eigenvalue weighted by atomic mass is 19.4. The summed E-state index contributed by atoms with van der Waals surface area (Å²) in [6.07, 6.45) is -3.19. The second-order valence-corrected chi connectivity index (χ2v) is 5.38. The van der Waals surface area contributed by atoms with E-state index in [1.54, 1.807) is 18.3 Å². The molecule has 0 saturated carbocycles. The summed E-state index contributed by atoms with van der Waals surface area (Å²) < 4.78 is 46.8. The second-order valence-electron chi connectivity index (χ2n) is 5.38. The van der Waals surface area contributed by atoms with Crippen molar-refractivity contribution in [2.75, 3.05) is 31.1 Å². The second kappa shape index (κ2) is 7.56. The third-order valence-electron chi connectivity index (χ3n) is 3.61. The number of hydrogen-bond donors (Lipinski definition) is 1. The van der Waals surface area contributed by atoms with Crippen LogP contribution in [0.25, 0.3) is 0 Å². The van der Waals surface area contributed by atoms with Gasteiger partial charge in [0.1, 0.15) is 18.2 Å². The van der Waals surface area contributed by atoms with Gasteiger partial charge in [0.25, 0.3) is 0 Å². The van der Waals surface area contributed by atoms with Crippen LogP contribution in [0.1, 0.15) is 5.56 Å². The highest BCUT2D eigenvalue weighted by molar-refractivity contribution is 5.39. The number of aromatic nitrogens is 2. The average molecular weight is 354 g/mol. The number of hydrogen-bond acceptors (Lipinski definition) is 6. The molecule has 9 heteroatoms. The first-order valence-corrected chi connectivity index (χ1v) is 7.76. The summed E-state index contributed by atoms with van der Waals surface area (Å²) >= 11 is 0. The molecule has 1 aliphatic heterocycles. The van der Waals surface area contributed by atoms with Gasteiger partial charge in [-0.3, -0.25) is 0 Å². The van der Waals surface area contributed by atoms with Crippen LogP contribution in [0.4, 0.5) is 19.0 Å². The summed E-state index contributed by atoms with van der Waals surface area (Å²) in [6, 6.07) is 7.70. The number of para-hydroxylation sites is 1. The lowest BCUT2D eigenvalue weighted by Gasteiger charge is -2.28. The summed E-state index contributed by atoms with van der Waals surface area (Å²) in [5, 5.41) is 3.25. The first-order chi connectivity index (χ1) is 12.0.